The molecule has 21 heavy (non-hydrogen) atoms. The number of benzene rings is 1. The molecule has 4 N–H and O–H groups in total. The number of nitrogens with two attached hydrogens (primary N) is 1. The molecule has 1 amide bonds. The van der Waals surface area contributed by atoms with Crippen LogP contribution in [0.15, 0.2) is 30.5 Å². The van der Waals surface area contributed by atoms with Gasteiger partial charge >= 0.3 is 0 Å². The van der Waals surface area contributed by atoms with Gasteiger partial charge in [-0.2, -0.15) is 0 Å². The molecule has 1 atom stereocenters. The molecule has 1 aromatic carbocycles. The SMILES string of the molecule is NC(Cc1c[nH]c2ccccc12)C(=O)NS(=O)(=O)C1CC1. The number of carbonyl (C=O) groups excluding carboxylic acids is 1. The minimum atomic E-state index is -3.54. The van der Waals surface area contributed by atoms with Crippen molar-refractivity contribution >= 4 is 26.8 Å². The van der Waals surface area contributed by atoms with Crippen molar-refractivity contribution in [2.45, 2.75) is 30.6 Å². The lowest BCUT2D eigenvalue weighted by Crippen LogP contribution is -2.45. The monoisotopic (exact) mass is 307 g/mol. The van der Waals surface area contributed by atoms with Gasteiger partial charge in [0.05, 0.1) is 11.3 Å². The molecule has 0 spiro atoms. The molecule has 2 aromatic rings. The minimum absolute atomic E-state index is 0.288. The second kappa shape index (κ2) is 5.16. The largest absolute Gasteiger partial charge is 0.361 e. The summed E-state index contributed by atoms with van der Waals surface area (Å²) in [5, 5.41) is 0.563. The van der Waals surface area contributed by atoms with Gasteiger partial charge in [0.25, 0.3) is 5.91 Å². The Morgan fingerprint density at radius 2 is 2.10 bits per heavy atom. The summed E-state index contributed by atoms with van der Waals surface area (Å²) in [5.74, 6) is -0.646. The van der Waals surface area contributed by atoms with Gasteiger partial charge in [-0.25, -0.2) is 8.42 Å². The first-order chi connectivity index (χ1) is 9.97. The van der Waals surface area contributed by atoms with Crippen molar-refractivity contribution < 1.29 is 13.2 Å². The highest BCUT2D eigenvalue weighted by Crippen LogP contribution is 2.27. The van der Waals surface area contributed by atoms with Crippen molar-refractivity contribution in [1.82, 2.24) is 9.71 Å². The number of aromatic amines is 1. The molecular formula is C14H17N3O3S. The lowest BCUT2D eigenvalue weighted by atomic mass is 10.1. The third-order valence-electron chi connectivity index (χ3n) is 3.66. The van der Waals surface area contributed by atoms with E-state index in [1.54, 1.807) is 6.20 Å². The average molecular weight is 307 g/mol. The second-order valence-electron chi connectivity index (χ2n) is 5.38. The van der Waals surface area contributed by atoms with Crippen LogP contribution in [0.2, 0.25) is 0 Å². The first-order valence-corrected chi connectivity index (χ1v) is 8.38. The van der Waals surface area contributed by atoms with Crippen LogP contribution in [-0.2, 0) is 21.2 Å². The number of sulfonamides is 1. The van der Waals surface area contributed by atoms with Crippen molar-refractivity contribution in [2.75, 3.05) is 0 Å². The summed E-state index contributed by atoms with van der Waals surface area (Å²) in [6.07, 6.45) is 3.31. The summed E-state index contributed by atoms with van der Waals surface area (Å²) in [7, 11) is -3.54. The zero-order chi connectivity index (χ0) is 15.0. The maximum atomic E-state index is 11.9. The van der Waals surface area contributed by atoms with Crippen LogP contribution in [0, 0.1) is 0 Å². The minimum Gasteiger partial charge on any atom is -0.361 e. The van der Waals surface area contributed by atoms with Crippen LogP contribution in [0.25, 0.3) is 10.9 Å². The van der Waals surface area contributed by atoms with Crippen LogP contribution >= 0.6 is 0 Å². The van der Waals surface area contributed by atoms with E-state index >= 15 is 0 Å². The van der Waals surface area contributed by atoms with Crippen LogP contribution in [-0.4, -0.2) is 30.6 Å². The molecule has 0 radical (unpaired) electrons. The third kappa shape index (κ3) is 2.93. The molecule has 1 fully saturated rings. The normalized spacial score (nSPS) is 16.8. The van der Waals surface area contributed by atoms with Crippen molar-refractivity contribution in [3.8, 4) is 0 Å². The predicted molar refractivity (Wildman–Crippen MR) is 80.1 cm³/mol. The van der Waals surface area contributed by atoms with E-state index in [-0.39, 0.29) is 6.42 Å². The lowest BCUT2D eigenvalue weighted by Gasteiger charge is -2.12. The molecule has 0 aliphatic heterocycles. The van der Waals surface area contributed by atoms with Gasteiger partial charge in [0, 0.05) is 17.1 Å². The first-order valence-electron chi connectivity index (χ1n) is 6.83. The zero-order valence-corrected chi connectivity index (χ0v) is 12.2. The molecular weight excluding hydrogens is 290 g/mol. The van der Waals surface area contributed by atoms with E-state index < -0.39 is 27.2 Å². The molecule has 1 aliphatic carbocycles. The highest BCUT2D eigenvalue weighted by molar-refractivity contribution is 7.90. The molecule has 6 nitrogen and oxygen atoms in total. The Hall–Kier alpha value is -1.86. The molecule has 1 unspecified atom stereocenters. The fourth-order valence-corrected chi connectivity index (χ4v) is 3.66. The fourth-order valence-electron chi connectivity index (χ4n) is 2.31. The van der Waals surface area contributed by atoms with Crippen molar-refractivity contribution in [1.29, 1.82) is 0 Å². The summed E-state index contributed by atoms with van der Waals surface area (Å²) >= 11 is 0. The van der Waals surface area contributed by atoms with Crippen LogP contribution in [0.5, 0.6) is 0 Å². The van der Waals surface area contributed by atoms with Crippen LogP contribution in [0.4, 0.5) is 0 Å². The highest BCUT2D eigenvalue weighted by atomic mass is 32.2. The number of amides is 1. The topological polar surface area (TPSA) is 105 Å². The van der Waals surface area contributed by atoms with E-state index in [4.69, 9.17) is 5.73 Å². The quantitative estimate of drug-likeness (QED) is 0.754. The molecule has 0 bridgehead atoms. The predicted octanol–water partition coefficient (Wildman–Crippen LogP) is 0.646. The summed E-state index contributed by atoms with van der Waals surface area (Å²) in [5.41, 5.74) is 7.70. The fraction of sp³-hybridized carbons (Fsp3) is 0.357. The summed E-state index contributed by atoms with van der Waals surface area (Å²) in [6.45, 7) is 0. The van der Waals surface area contributed by atoms with Gasteiger partial charge in [0.15, 0.2) is 0 Å². The number of H-pyrrole nitrogens is 1. The molecule has 3 rings (SSSR count). The first kappa shape index (κ1) is 14.1. The zero-order valence-electron chi connectivity index (χ0n) is 11.4. The lowest BCUT2D eigenvalue weighted by molar-refractivity contribution is -0.120. The Kier molecular flexibility index (Phi) is 3.46. The number of hydrogen-bond donors (Lipinski definition) is 3. The number of nitrogens with one attached hydrogen (secondary N) is 2. The standard InChI is InChI=1S/C14H17N3O3S/c15-12(14(18)17-21(19,20)10-5-6-10)7-9-8-16-13-4-2-1-3-11(9)13/h1-4,8,10,12,16H,5-7,15H2,(H,17,18). The average Bonchev–Trinajstić information content (AvgIpc) is 3.23. The van der Waals surface area contributed by atoms with Gasteiger partial charge in [0.2, 0.25) is 10.0 Å². The Balaban J connectivity index is 1.71. The maximum Gasteiger partial charge on any atom is 0.250 e. The van der Waals surface area contributed by atoms with Crippen molar-refractivity contribution in [2.24, 2.45) is 5.73 Å². The Morgan fingerprint density at radius 1 is 1.38 bits per heavy atom. The summed E-state index contributed by atoms with van der Waals surface area (Å²) < 4.78 is 25.5. The van der Waals surface area contributed by atoms with E-state index in [1.165, 1.54) is 0 Å². The van der Waals surface area contributed by atoms with E-state index in [9.17, 15) is 13.2 Å². The Bertz CT molecular complexity index is 778. The van der Waals surface area contributed by atoms with Gasteiger partial charge in [-0.1, -0.05) is 18.2 Å². The number of para-hydroxylation sites is 1. The van der Waals surface area contributed by atoms with Gasteiger partial charge in [-0.3, -0.25) is 9.52 Å². The van der Waals surface area contributed by atoms with E-state index in [0.717, 1.165) is 16.5 Å². The van der Waals surface area contributed by atoms with E-state index in [1.807, 2.05) is 24.3 Å². The Morgan fingerprint density at radius 3 is 2.81 bits per heavy atom. The van der Waals surface area contributed by atoms with Gasteiger partial charge < -0.3 is 10.7 Å². The Labute approximate surface area is 122 Å². The smallest absolute Gasteiger partial charge is 0.250 e. The van der Waals surface area contributed by atoms with Crippen LogP contribution in [0.1, 0.15) is 18.4 Å². The van der Waals surface area contributed by atoms with E-state index in [2.05, 4.69) is 9.71 Å². The molecule has 1 aromatic heterocycles. The number of aromatic nitrogens is 1. The van der Waals surface area contributed by atoms with Gasteiger partial charge in [0.1, 0.15) is 0 Å². The number of rotatable bonds is 5. The molecule has 1 aliphatic rings. The highest BCUT2D eigenvalue weighted by Gasteiger charge is 2.37. The summed E-state index contributed by atoms with van der Waals surface area (Å²) in [4.78, 5) is 15.0. The van der Waals surface area contributed by atoms with E-state index in [0.29, 0.717) is 12.8 Å². The van der Waals surface area contributed by atoms with Gasteiger partial charge in [-0.05, 0) is 30.9 Å². The molecule has 1 heterocycles. The molecule has 112 valence electrons. The third-order valence-corrected chi connectivity index (χ3v) is 5.49. The number of hydrogen-bond acceptors (Lipinski definition) is 4. The molecule has 1 saturated carbocycles. The molecule has 0 saturated heterocycles. The number of fused-ring (bicyclic) bond motifs is 1. The molecule has 7 heteroatoms. The number of carbonyl (C=O) groups is 1. The van der Waals surface area contributed by atoms with Crippen LogP contribution < -0.4 is 10.5 Å². The van der Waals surface area contributed by atoms with Gasteiger partial charge in [-0.15, -0.1) is 0 Å². The maximum absolute atomic E-state index is 11.9. The summed E-state index contributed by atoms with van der Waals surface area (Å²) in [6, 6.07) is 6.80. The second-order valence-corrected chi connectivity index (χ2v) is 7.34. The van der Waals surface area contributed by atoms with Crippen LogP contribution in [0.3, 0.4) is 0 Å². The van der Waals surface area contributed by atoms with Crippen molar-refractivity contribution in [3.05, 3.63) is 36.0 Å². The van der Waals surface area contributed by atoms with Crippen molar-refractivity contribution in [3.63, 3.8) is 0 Å².